The fourth-order valence-corrected chi connectivity index (χ4v) is 15.4. The van der Waals surface area contributed by atoms with E-state index in [4.69, 9.17) is 0 Å². The molecule has 174 valence electrons. The lowest BCUT2D eigenvalue weighted by Crippen LogP contribution is -2.47. The summed E-state index contributed by atoms with van der Waals surface area (Å²) < 4.78 is 56.1. The molecule has 0 N–H and O–H groups in total. The van der Waals surface area contributed by atoms with E-state index < -0.39 is 26.3 Å². The maximum absolute atomic E-state index is 14.6. The molecule has 0 aromatic heterocycles. The van der Waals surface area contributed by atoms with Gasteiger partial charge in [0.15, 0.2) is 0 Å². The number of alkyl halides is 4. The smallest absolute Gasteiger partial charge is 0.207 e. The average molecular weight is 447 g/mol. The highest BCUT2D eigenvalue weighted by molar-refractivity contribution is 6.81. The first-order valence-electron chi connectivity index (χ1n) is 12.8. The number of hydrogen-bond donors (Lipinski definition) is 0. The molecule has 0 bridgehead atoms. The Morgan fingerprint density at radius 3 is 1.63 bits per heavy atom. The van der Waals surface area contributed by atoms with Crippen molar-refractivity contribution in [1.29, 1.82) is 0 Å². The summed E-state index contributed by atoms with van der Waals surface area (Å²) in [7, 11) is -2.01. The lowest BCUT2D eigenvalue weighted by atomic mass is 9.81. The average Bonchev–Trinajstić information content (AvgIpc) is 3.29. The van der Waals surface area contributed by atoms with Gasteiger partial charge < -0.3 is 0 Å². The molecule has 30 heavy (non-hydrogen) atoms. The van der Waals surface area contributed by atoms with Crippen LogP contribution < -0.4 is 0 Å². The molecule has 0 nitrogen and oxygen atoms in total. The summed E-state index contributed by atoms with van der Waals surface area (Å²) in [6.07, 6.45) is 14.0. The molecular formula is C25H42F4Si. The van der Waals surface area contributed by atoms with Crippen LogP contribution in [-0.2, 0) is 0 Å². The van der Waals surface area contributed by atoms with Gasteiger partial charge in [0.1, 0.15) is 0 Å². The van der Waals surface area contributed by atoms with Crippen LogP contribution in [0.5, 0.6) is 0 Å². The summed E-state index contributed by atoms with van der Waals surface area (Å²) in [5.74, 6) is -3.38. The fraction of sp³-hybridized carbons (Fsp3) is 1.00. The molecule has 0 heterocycles. The summed E-state index contributed by atoms with van der Waals surface area (Å²) in [5.41, 5.74) is 1.32. The number of rotatable bonds is 7. The van der Waals surface area contributed by atoms with Crippen LogP contribution in [-0.4, -0.2) is 19.9 Å². The van der Waals surface area contributed by atoms with Crippen molar-refractivity contribution >= 4 is 8.07 Å². The Kier molecular flexibility index (Phi) is 6.70. The zero-order valence-corrected chi connectivity index (χ0v) is 20.1. The normalized spacial score (nSPS) is 39.4. The SMILES string of the molecule is CC(F)(F)CC(F)(F)CC[Si](C)(C1CCC2CCCCC21)C1CCC2CCCCC21. The van der Waals surface area contributed by atoms with Crippen molar-refractivity contribution in [1.82, 2.24) is 0 Å². The molecule has 0 saturated heterocycles. The molecule has 5 heteroatoms. The minimum atomic E-state index is -3.29. The third kappa shape index (κ3) is 4.81. The molecule has 0 aromatic rings. The lowest BCUT2D eigenvalue weighted by molar-refractivity contribution is -0.102. The molecule has 4 aliphatic carbocycles. The van der Waals surface area contributed by atoms with Gasteiger partial charge in [-0.3, -0.25) is 0 Å². The topological polar surface area (TPSA) is 0 Å². The van der Waals surface area contributed by atoms with Crippen LogP contribution in [0, 0.1) is 23.7 Å². The molecule has 0 aliphatic heterocycles. The summed E-state index contributed by atoms with van der Waals surface area (Å²) in [5, 5.41) is 0. The van der Waals surface area contributed by atoms with Crippen LogP contribution in [0.25, 0.3) is 0 Å². The van der Waals surface area contributed by atoms with E-state index in [-0.39, 0.29) is 6.42 Å². The number of fused-ring (bicyclic) bond motifs is 2. The fourth-order valence-electron chi connectivity index (χ4n) is 8.74. The van der Waals surface area contributed by atoms with E-state index in [0.717, 1.165) is 23.7 Å². The Morgan fingerprint density at radius 2 is 1.17 bits per heavy atom. The standard InChI is InChI=1S/C25H42F4Si/c1-24(26,27)17-25(28,29)15-16-30(2,22-13-11-18-7-3-5-9-20(18)22)23-14-12-19-8-4-6-10-21(19)23/h18-23H,3-17H2,1-2H3. The quantitative estimate of drug-likeness (QED) is 0.270. The van der Waals surface area contributed by atoms with E-state index in [1.165, 1.54) is 77.0 Å². The minimum absolute atomic E-state index is 0.305. The second-order valence-electron chi connectivity index (χ2n) is 11.9. The van der Waals surface area contributed by atoms with Gasteiger partial charge in [-0.25, -0.2) is 17.6 Å². The largest absolute Gasteiger partial charge is 0.253 e. The molecule has 0 aromatic carbocycles. The summed E-state index contributed by atoms with van der Waals surface area (Å²) in [4.78, 5) is 0. The highest BCUT2D eigenvalue weighted by Gasteiger charge is 2.56. The molecule has 4 saturated carbocycles. The molecule has 4 fully saturated rings. The van der Waals surface area contributed by atoms with Crippen molar-refractivity contribution in [3.8, 4) is 0 Å². The highest BCUT2D eigenvalue weighted by Crippen LogP contribution is 2.63. The molecule has 0 radical (unpaired) electrons. The molecular weight excluding hydrogens is 404 g/mol. The van der Waals surface area contributed by atoms with Crippen molar-refractivity contribution < 1.29 is 17.6 Å². The van der Waals surface area contributed by atoms with Crippen LogP contribution in [0.15, 0.2) is 0 Å². The first kappa shape index (κ1) is 23.1. The van der Waals surface area contributed by atoms with Gasteiger partial charge in [-0.15, -0.1) is 0 Å². The van der Waals surface area contributed by atoms with Crippen LogP contribution in [0.2, 0.25) is 23.7 Å². The van der Waals surface area contributed by atoms with E-state index in [2.05, 4.69) is 6.55 Å². The Hall–Kier alpha value is -0.0631. The Bertz CT molecular complexity index is 554. The van der Waals surface area contributed by atoms with Crippen LogP contribution in [0.1, 0.15) is 96.8 Å². The van der Waals surface area contributed by atoms with Crippen molar-refractivity contribution in [3.63, 3.8) is 0 Å². The van der Waals surface area contributed by atoms with Crippen LogP contribution >= 0.6 is 0 Å². The van der Waals surface area contributed by atoms with Crippen molar-refractivity contribution in [2.75, 3.05) is 0 Å². The van der Waals surface area contributed by atoms with E-state index in [1.807, 2.05) is 0 Å². The van der Waals surface area contributed by atoms with E-state index in [1.54, 1.807) is 0 Å². The van der Waals surface area contributed by atoms with Gasteiger partial charge in [-0.05, 0) is 41.7 Å². The third-order valence-electron chi connectivity index (χ3n) is 9.96. The van der Waals surface area contributed by atoms with E-state index >= 15 is 0 Å². The summed E-state index contributed by atoms with van der Waals surface area (Å²) >= 11 is 0. The van der Waals surface area contributed by atoms with Crippen LogP contribution in [0.4, 0.5) is 17.6 Å². The van der Waals surface area contributed by atoms with Gasteiger partial charge in [0, 0.05) is 6.42 Å². The number of halogens is 4. The van der Waals surface area contributed by atoms with Gasteiger partial charge in [-0.1, -0.05) is 89.6 Å². The molecule has 4 aliphatic rings. The van der Waals surface area contributed by atoms with Gasteiger partial charge in [0.25, 0.3) is 11.8 Å². The first-order chi connectivity index (χ1) is 14.1. The van der Waals surface area contributed by atoms with Gasteiger partial charge in [0.2, 0.25) is 0 Å². The van der Waals surface area contributed by atoms with Crippen LogP contribution in [0.3, 0.4) is 0 Å². The molecule has 4 rings (SSSR count). The van der Waals surface area contributed by atoms with Gasteiger partial charge >= 0.3 is 0 Å². The Morgan fingerprint density at radius 1 is 0.700 bits per heavy atom. The number of hydrogen-bond acceptors (Lipinski definition) is 0. The second kappa shape index (κ2) is 8.70. The zero-order chi connectivity index (χ0) is 21.6. The molecule has 6 atom stereocenters. The maximum atomic E-state index is 14.6. The van der Waals surface area contributed by atoms with Gasteiger partial charge in [-0.2, -0.15) is 0 Å². The highest BCUT2D eigenvalue weighted by atomic mass is 28.3. The van der Waals surface area contributed by atoms with Gasteiger partial charge in [0.05, 0.1) is 14.5 Å². The van der Waals surface area contributed by atoms with Crippen molar-refractivity contribution in [2.24, 2.45) is 23.7 Å². The Balaban J connectivity index is 1.56. The summed E-state index contributed by atoms with van der Waals surface area (Å²) in [6.45, 7) is 3.10. The third-order valence-corrected chi connectivity index (χ3v) is 16.1. The molecule has 6 unspecified atom stereocenters. The van der Waals surface area contributed by atoms with E-state index in [9.17, 15) is 17.6 Å². The predicted octanol–water partition coefficient (Wildman–Crippen LogP) is 9.08. The predicted molar refractivity (Wildman–Crippen MR) is 118 cm³/mol. The second-order valence-corrected chi connectivity index (χ2v) is 16.9. The van der Waals surface area contributed by atoms with Crippen molar-refractivity contribution in [2.45, 2.75) is 132 Å². The minimum Gasteiger partial charge on any atom is -0.207 e. The first-order valence-corrected chi connectivity index (χ1v) is 15.7. The lowest BCUT2D eigenvalue weighted by Gasteiger charge is -2.47. The maximum Gasteiger partial charge on any atom is 0.253 e. The molecule has 0 spiro atoms. The zero-order valence-electron chi connectivity index (χ0n) is 19.1. The Labute approximate surface area is 182 Å². The van der Waals surface area contributed by atoms with Crippen molar-refractivity contribution in [3.05, 3.63) is 0 Å². The summed E-state index contributed by atoms with van der Waals surface area (Å²) in [6, 6.07) is 0.567. The molecule has 0 amide bonds. The van der Waals surface area contributed by atoms with E-state index in [0.29, 0.717) is 24.1 Å². The monoisotopic (exact) mass is 446 g/mol.